The van der Waals surface area contributed by atoms with E-state index in [4.69, 9.17) is 0 Å². The first-order valence-electron chi connectivity index (χ1n) is 7.03. The van der Waals surface area contributed by atoms with E-state index in [1.54, 1.807) is 11.8 Å². The van der Waals surface area contributed by atoms with Crippen LogP contribution in [0.3, 0.4) is 0 Å². The first-order chi connectivity index (χ1) is 9.70. The predicted octanol–water partition coefficient (Wildman–Crippen LogP) is 3.56. The van der Waals surface area contributed by atoms with Gasteiger partial charge in [-0.1, -0.05) is 15.9 Å². The Balaban J connectivity index is 0.00000220. The minimum atomic E-state index is 0. The molecule has 3 nitrogen and oxygen atoms in total. The summed E-state index contributed by atoms with van der Waals surface area (Å²) in [5.74, 6) is 1.15. The molecule has 21 heavy (non-hydrogen) atoms. The van der Waals surface area contributed by atoms with Crippen LogP contribution in [-0.4, -0.2) is 42.7 Å². The number of halogens is 2. The lowest BCUT2D eigenvalue weighted by Gasteiger charge is -2.24. The van der Waals surface area contributed by atoms with Gasteiger partial charge in [-0.25, -0.2) is 0 Å². The van der Waals surface area contributed by atoms with E-state index in [1.807, 2.05) is 19.2 Å². The van der Waals surface area contributed by atoms with E-state index in [-0.39, 0.29) is 12.4 Å². The van der Waals surface area contributed by atoms with Crippen molar-refractivity contribution in [2.75, 3.05) is 25.9 Å². The maximum Gasteiger partial charge on any atom is 0.223 e. The Labute approximate surface area is 145 Å². The van der Waals surface area contributed by atoms with E-state index in [2.05, 4.69) is 38.3 Å². The van der Waals surface area contributed by atoms with Crippen molar-refractivity contribution in [1.29, 1.82) is 0 Å². The molecule has 0 saturated carbocycles. The number of nitrogens with zero attached hydrogens (tertiary/aromatic N) is 1. The van der Waals surface area contributed by atoms with Crippen LogP contribution in [0.15, 0.2) is 33.6 Å². The molecule has 1 aliphatic rings. The van der Waals surface area contributed by atoms with Gasteiger partial charge in [0.2, 0.25) is 5.91 Å². The molecule has 118 valence electrons. The molecule has 1 heterocycles. The van der Waals surface area contributed by atoms with Gasteiger partial charge in [-0.3, -0.25) is 4.79 Å². The summed E-state index contributed by atoms with van der Waals surface area (Å²) in [5.41, 5.74) is 0. The van der Waals surface area contributed by atoms with E-state index in [0.717, 1.165) is 36.2 Å². The van der Waals surface area contributed by atoms with Crippen molar-refractivity contribution < 1.29 is 4.79 Å². The Kier molecular flexibility index (Phi) is 8.71. The molecule has 2 rings (SSSR count). The van der Waals surface area contributed by atoms with Gasteiger partial charge < -0.3 is 10.2 Å². The molecule has 1 saturated heterocycles. The zero-order valence-electron chi connectivity index (χ0n) is 12.2. The summed E-state index contributed by atoms with van der Waals surface area (Å²) >= 11 is 5.17. The number of amides is 1. The van der Waals surface area contributed by atoms with Gasteiger partial charge >= 0.3 is 0 Å². The van der Waals surface area contributed by atoms with Gasteiger partial charge in [0.05, 0.1) is 0 Å². The Hall–Kier alpha value is -0.230. The standard InChI is InChI=1S/C15H21BrN2OS.ClH/c1-17-11-13-3-2-9-18(13)15(19)8-10-20-14-6-4-12(16)5-7-14;/h4-7,13,17H,2-3,8-11H2,1H3;1H. The number of likely N-dealkylation sites (N-methyl/N-ethyl adjacent to an activating group) is 1. The Morgan fingerprint density at radius 3 is 2.81 bits per heavy atom. The van der Waals surface area contributed by atoms with Crippen LogP contribution in [0, 0.1) is 0 Å². The third kappa shape index (κ3) is 5.81. The van der Waals surface area contributed by atoms with Gasteiger partial charge in [0.25, 0.3) is 0 Å². The molecule has 0 bridgehead atoms. The first-order valence-corrected chi connectivity index (χ1v) is 8.81. The quantitative estimate of drug-likeness (QED) is 0.750. The molecule has 1 aromatic rings. The van der Waals surface area contributed by atoms with Crippen LogP contribution >= 0.6 is 40.1 Å². The maximum absolute atomic E-state index is 12.3. The lowest BCUT2D eigenvalue weighted by atomic mass is 10.2. The Morgan fingerprint density at radius 2 is 2.14 bits per heavy atom. The Bertz CT molecular complexity index is 444. The van der Waals surface area contributed by atoms with Crippen LogP contribution in [0.5, 0.6) is 0 Å². The van der Waals surface area contributed by atoms with E-state index in [9.17, 15) is 4.79 Å². The van der Waals surface area contributed by atoms with Gasteiger partial charge in [-0.05, 0) is 44.2 Å². The molecule has 0 aromatic heterocycles. The van der Waals surface area contributed by atoms with E-state index in [1.165, 1.54) is 4.90 Å². The average molecular weight is 394 g/mol. The molecule has 1 amide bonds. The predicted molar refractivity (Wildman–Crippen MR) is 95.4 cm³/mol. The highest BCUT2D eigenvalue weighted by atomic mass is 79.9. The largest absolute Gasteiger partial charge is 0.338 e. The van der Waals surface area contributed by atoms with Crippen LogP contribution in [-0.2, 0) is 4.79 Å². The number of hydrogen-bond acceptors (Lipinski definition) is 3. The fraction of sp³-hybridized carbons (Fsp3) is 0.533. The topological polar surface area (TPSA) is 32.3 Å². The molecule has 1 aliphatic heterocycles. The van der Waals surface area contributed by atoms with Crippen LogP contribution in [0.25, 0.3) is 0 Å². The normalized spacial score (nSPS) is 17.6. The summed E-state index contributed by atoms with van der Waals surface area (Å²) in [6.07, 6.45) is 2.89. The van der Waals surface area contributed by atoms with Crippen molar-refractivity contribution in [3.8, 4) is 0 Å². The maximum atomic E-state index is 12.3. The second kappa shape index (κ2) is 9.72. The summed E-state index contributed by atoms with van der Waals surface area (Å²) in [5, 5.41) is 3.18. The van der Waals surface area contributed by atoms with Gasteiger partial charge in [0, 0.05) is 40.7 Å². The smallest absolute Gasteiger partial charge is 0.223 e. The number of nitrogens with one attached hydrogen (secondary N) is 1. The lowest BCUT2D eigenvalue weighted by Crippen LogP contribution is -2.40. The third-order valence-electron chi connectivity index (χ3n) is 3.54. The monoisotopic (exact) mass is 392 g/mol. The minimum Gasteiger partial charge on any atom is -0.338 e. The highest BCUT2D eigenvalue weighted by Crippen LogP contribution is 2.23. The van der Waals surface area contributed by atoms with E-state index < -0.39 is 0 Å². The zero-order chi connectivity index (χ0) is 14.4. The molecule has 0 aliphatic carbocycles. The molecular formula is C15H22BrClN2OS. The third-order valence-corrected chi connectivity index (χ3v) is 5.08. The van der Waals surface area contributed by atoms with Crippen LogP contribution in [0.1, 0.15) is 19.3 Å². The van der Waals surface area contributed by atoms with Gasteiger partial charge in [-0.2, -0.15) is 0 Å². The summed E-state index contributed by atoms with van der Waals surface area (Å²) in [6, 6.07) is 8.63. The van der Waals surface area contributed by atoms with E-state index >= 15 is 0 Å². The molecule has 1 unspecified atom stereocenters. The second-order valence-electron chi connectivity index (χ2n) is 4.99. The minimum absolute atomic E-state index is 0. The van der Waals surface area contributed by atoms with Crippen molar-refractivity contribution in [2.24, 2.45) is 0 Å². The van der Waals surface area contributed by atoms with Crippen LogP contribution in [0.4, 0.5) is 0 Å². The summed E-state index contributed by atoms with van der Waals surface area (Å²) in [6.45, 7) is 1.83. The Morgan fingerprint density at radius 1 is 1.43 bits per heavy atom. The molecule has 1 aromatic carbocycles. The van der Waals surface area contributed by atoms with Gasteiger partial charge in [0.1, 0.15) is 0 Å². The zero-order valence-corrected chi connectivity index (χ0v) is 15.4. The number of carbonyl (C=O) groups excluding carboxylic acids is 1. The van der Waals surface area contributed by atoms with Gasteiger partial charge in [-0.15, -0.1) is 24.2 Å². The molecule has 1 fully saturated rings. The molecule has 0 spiro atoms. The fourth-order valence-corrected chi connectivity index (χ4v) is 3.65. The molecule has 1 N–H and O–H groups in total. The molecule has 1 atom stereocenters. The van der Waals surface area contributed by atoms with Crippen LogP contribution < -0.4 is 5.32 Å². The second-order valence-corrected chi connectivity index (χ2v) is 7.08. The molecular weight excluding hydrogens is 372 g/mol. The highest BCUT2D eigenvalue weighted by Gasteiger charge is 2.27. The molecule has 6 heteroatoms. The molecule has 0 radical (unpaired) electrons. The first kappa shape index (κ1) is 18.8. The SMILES string of the molecule is CNCC1CCCN1C(=O)CCSc1ccc(Br)cc1.Cl. The number of likely N-dealkylation sites (tertiary alicyclic amines) is 1. The van der Waals surface area contributed by atoms with Gasteiger partial charge in [0.15, 0.2) is 0 Å². The number of hydrogen-bond donors (Lipinski definition) is 1. The fourth-order valence-electron chi connectivity index (χ4n) is 2.54. The van der Waals surface area contributed by atoms with Crippen molar-refractivity contribution in [2.45, 2.75) is 30.2 Å². The number of rotatable bonds is 6. The van der Waals surface area contributed by atoms with Crippen molar-refractivity contribution in [1.82, 2.24) is 10.2 Å². The van der Waals surface area contributed by atoms with Crippen molar-refractivity contribution in [3.05, 3.63) is 28.7 Å². The summed E-state index contributed by atoms with van der Waals surface area (Å²) < 4.78 is 1.09. The number of benzene rings is 1. The van der Waals surface area contributed by atoms with Crippen molar-refractivity contribution >= 4 is 46.0 Å². The van der Waals surface area contributed by atoms with Crippen molar-refractivity contribution in [3.63, 3.8) is 0 Å². The summed E-state index contributed by atoms with van der Waals surface area (Å²) in [7, 11) is 1.95. The lowest BCUT2D eigenvalue weighted by molar-refractivity contribution is -0.131. The van der Waals surface area contributed by atoms with E-state index in [0.29, 0.717) is 18.4 Å². The van der Waals surface area contributed by atoms with Crippen LogP contribution in [0.2, 0.25) is 0 Å². The number of thioether (sulfide) groups is 1. The summed E-state index contributed by atoms with van der Waals surface area (Å²) in [4.78, 5) is 15.5. The average Bonchev–Trinajstić information content (AvgIpc) is 2.90. The number of carbonyl (C=O) groups is 1. The highest BCUT2D eigenvalue weighted by molar-refractivity contribution is 9.10.